The molecule has 1 aliphatic heterocycles. The summed E-state index contributed by atoms with van der Waals surface area (Å²) in [7, 11) is 0. The molecule has 0 amide bonds. The maximum absolute atomic E-state index is 5.85. The third-order valence-electron chi connectivity index (χ3n) is 3.99. The third-order valence-corrected chi connectivity index (χ3v) is 4.72. The van der Waals surface area contributed by atoms with Gasteiger partial charge in [-0.1, -0.05) is 28.1 Å². The monoisotopic (exact) mass is 309 g/mol. The first-order valence-corrected chi connectivity index (χ1v) is 7.63. The van der Waals surface area contributed by atoms with Gasteiger partial charge >= 0.3 is 0 Å². The SMILES string of the molecule is Cc1ccc(CNC2CCOC2C2CC2)c(Br)c1. The highest BCUT2D eigenvalue weighted by Crippen LogP contribution is 2.38. The molecule has 3 rings (SSSR count). The zero-order valence-electron chi connectivity index (χ0n) is 10.8. The standard InChI is InChI=1S/C15H20BrNO/c1-10-2-3-12(13(16)8-10)9-17-14-6-7-18-15(14)11-4-5-11/h2-3,8,11,14-15,17H,4-7,9H2,1H3. The van der Waals surface area contributed by atoms with Crippen LogP contribution in [-0.4, -0.2) is 18.8 Å². The second kappa shape index (κ2) is 5.32. The molecule has 1 saturated carbocycles. The minimum absolute atomic E-state index is 0.467. The number of aryl methyl sites for hydroxylation is 1. The molecule has 0 aromatic heterocycles. The quantitative estimate of drug-likeness (QED) is 0.920. The van der Waals surface area contributed by atoms with Crippen molar-refractivity contribution in [2.45, 2.75) is 44.9 Å². The first-order chi connectivity index (χ1) is 8.74. The molecule has 1 aromatic carbocycles. The molecule has 98 valence electrons. The number of hydrogen-bond donors (Lipinski definition) is 1. The van der Waals surface area contributed by atoms with Crippen LogP contribution in [0.5, 0.6) is 0 Å². The smallest absolute Gasteiger partial charge is 0.0757 e. The van der Waals surface area contributed by atoms with Crippen LogP contribution in [-0.2, 0) is 11.3 Å². The molecule has 1 saturated heterocycles. The molecule has 0 radical (unpaired) electrons. The second-order valence-electron chi connectivity index (χ2n) is 5.54. The predicted molar refractivity (Wildman–Crippen MR) is 76.6 cm³/mol. The Kier molecular flexibility index (Phi) is 3.73. The summed E-state index contributed by atoms with van der Waals surface area (Å²) >= 11 is 3.64. The second-order valence-corrected chi connectivity index (χ2v) is 6.40. The predicted octanol–water partition coefficient (Wildman–Crippen LogP) is 3.41. The van der Waals surface area contributed by atoms with E-state index in [1.54, 1.807) is 0 Å². The minimum Gasteiger partial charge on any atom is -0.376 e. The van der Waals surface area contributed by atoms with Gasteiger partial charge in [0.2, 0.25) is 0 Å². The Labute approximate surface area is 117 Å². The maximum atomic E-state index is 5.85. The molecule has 2 unspecified atom stereocenters. The zero-order valence-corrected chi connectivity index (χ0v) is 12.4. The van der Waals surface area contributed by atoms with E-state index in [0.717, 1.165) is 25.5 Å². The lowest BCUT2D eigenvalue weighted by atomic mass is 10.1. The van der Waals surface area contributed by atoms with Crippen LogP contribution in [0.4, 0.5) is 0 Å². The summed E-state index contributed by atoms with van der Waals surface area (Å²) in [5, 5.41) is 3.67. The van der Waals surface area contributed by atoms with Crippen molar-refractivity contribution < 1.29 is 4.74 Å². The largest absolute Gasteiger partial charge is 0.376 e. The van der Waals surface area contributed by atoms with E-state index in [-0.39, 0.29) is 0 Å². The lowest BCUT2D eigenvalue weighted by Gasteiger charge is -2.20. The minimum atomic E-state index is 0.467. The number of benzene rings is 1. The number of rotatable bonds is 4. The summed E-state index contributed by atoms with van der Waals surface area (Å²) in [6.45, 7) is 3.97. The summed E-state index contributed by atoms with van der Waals surface area (Å²) in [6.07, 6.45) is 4.34. The molecule has 1 aliphatic carbocycles. The molecule has 3 heteroatoms. The first-order valence-electron chi connectivity index (χ1n) is 6.84. The molecule has 0 bridgehead atoms. The summed E-state index contributed by atoms with van der Waals surface area (Å²) < 4.78 is 7.06. The summed E-state index contributed by atoms with van der Waals surface area (Å²) in [6, 6.07) is 7.10. The van der Waals surface area contributed by atoms with Gasteiger partial charge in [-0.3, -0.25) is 0 Å². The van der Waals surface area contributed by atoms with Crippen molar-refractivity contribution in [1.29, 1.82) is 0 Å². The van der Waals surface area contributed by atoms with Gasteiger partial charge in [0, 0.05) is 23.7 Å². The van der Waals surface area contributed by atoms with Crippen LogP contribution in [0, 0.1) is 12.8 Å². The molecule has 0 spiro atoms. The average molecular weight is 310 g/mol. The van der Waals surface area contributed by atoms with Gasteiger partial charge in [-0.2, -0.15) is 0 Å². The van der Waals surface area contributed by atoms with Crippen molar-refractivity contribution in [2.75, 3.05) is 6.61 Å². The summed E-state index contributed by atoms with van der Waals surface area (Å²) in [5.41, 5.74) is 2.63. The van der Waals surface area contributed by atoms with Crippen LogP contribution in [0.3, 0.4) is 0 Å². The van der Waals surface area contributed by atoms with Crippen LogP contribution < -0.4 is 5.32 Å². The number of hydrogen-bond acceptors (Lipinski definition) is 2. The normalized spacial score (nSPS) is 27.7. The lowest BCUT2D eigenvalue weighted by molar-refractivity contribution is 0.0809. The molecule has 2 nitrogen and oxygen atoms in total. The van der Waals surface area contributed by atoms with Gasteiger partial charge in [0.05, 0.1) is 6.10 Å². The van der Waals surface area contributed by atoms with Crippen molar-refractivity contribution in [3.05, 3.63) is 33.8 Å². The van der Waals surface area contributed by atoms with Gasteiger partial charge in [-0.05, 0) is 49.3 Å². The van der Waals surface area contributed by atoms with Crippen LogP contribution in [0.15, 0.2) is 22.7 Å². The van der Waals surface area contributed by atoms with E-state index >= 15 is 0 Å². The van der Waals surface area contributed by atoms with Gasteiger partial charge in [0.25, 0.3) is 0 Å². The molecule has 1 aromatic rings. The molecule has 1 N–H and O–H groups in total. The Morgan fingerprint density at radius 3 is 2.89 bits per heavy atom. The van der Waals surface area contributed by atoms with Crippen molar-refractivity contribution in [3.8, 4) is 0 Å². The van der Waals surface area contributed by atoms with Gasteiger partial charge in [0.15, 0.2) is 0 Å². The van der Waals surface area contributed by atoms with Gasteiger partial charge < -0.3 is 10.1 Å². The molecule has 2 atom stereocenters. The van der Waals surface area contributed by atoms with Crippen molar-refractivity contribution >= 4 is 15.9 Å². The van der Waals surface area contributed by atoms with Gasteiger partial charge in [-0.15, -0.1) is 0 Å². The van der Waals surface area contributed by atoms with Gasteiger partial charge in [0.1, 0.15) is 0 Å². The first kappa shape index (κ1) is 12.6. The Bertz CT molecular complexity index is 431. The highest BCUT2D eigenvalue weighted by Gasteiger charge is 2.40. The van der Waals surface area contributed by atoms with E-state index in [2.05, 4.69) is 46.4 Å². The Hall–Kier alpha value is -0.380. The molecular formula is C15H20BrNO. The number of nitrogens with one attached hydrogen (secondary N) is 1. The van der Waals surface area contributed by atoms with Crippen LogP contribution in [0.25, 0.3) is 0 Å². The van der Waals surface area contributed by atoms with Crippen molar-refractivity contribution in [3.63, 3.8) is 0 Å². The molecular weight excluding hydrogens is 290 g/mol. The van der Waals surface area contributed by atoms with E-state index in [1.807, 2.05) is 0 Å². The summed E-state index contributed by atoms with van der Waals surface area (Å²) in [5.74, 6) is 0.825. The zero-order chi connectivity index (χ0) is 12.5. The Morgan fingerprint density at radius 1 is 1.33 bits per heavy atom. The summed E-state index contributed by atoms with van der Waals surface area (Å²) in [4.78, 5) is 0. The Morgan fingerprint density at radius 2 is 2.17 bits per heavy atom. The van der Waals surface area contributed by atoms with E-state index in [1.165, 1.54) is 28.4 Å². The highest BCUT2D eigenvalue weighted by molar-refractivity contribution is 9.10. The third kappa shape index (κ3) is 2.79. The van der Waals surface area contributed by atoms with Crippen LogP contribution in [0.2, 0.25) is 0 Å². The highest BCUT2D eigenvalue weighted by atomic mass is 79.9. The van der Waals surface area contributed by atoms with Crippen LogP contribution >= 0.6 is 15.9 Å². The molecule has 2 aliphatic rings. The topological polar surface area (TPSA) is 21.3 Å². The Balaban J connectivity index is 1.60. The fourth-order valence-corrected chi connectivity index (χ4v) is 3.39. The van der Waals surface area contributed by atoms with Crippen molar-refractivity contribution in [1.82, 2.24) is 5.32 Å². The lowest BCUT2D eigenvalue weighted by Crippen LogP contribution is -2.37. The molecule has 18 heavy (non-hydrogen) atoms. The molecule has 2 fully saturated rings. The van der Waals surface area contributed by atoms with E-state index < -0.39 is 0 Å². The number of halogens is 1. The van der Waals surface area contributed by atoms with E-state index in [0.29, 0.717) is 12.1 Å². The van der Waals surface area contributed by atoms with E-state index in [9.17, 15) is 0 Å². The van der Waals surface area contributed by atoms with E-state index in [4.69, 9.17) is 4.74 Å². The molecule has 1 heterocycles. The fourth-order valence-electron chi connectivity index (χ4n) is 2.76. The van der Waals surface area contributed by atoms with Crippen molar-refractivity contribution in [2.24, 2.45) is 5.92 Å². The average Bonchev–Trinajstić information content (AvgIpc) is 3.08. The maximum Gasteiger partial charge on any atom is 0.0757 e. The van der Waals surface area contributed by atoms with Crippen LogP contribution in [0.1, 0.15) is 30.4 Å². The van der Waals surface area contributed by atoms with Gasteiger partial charge in [-0.25, -0.2) is 0 Å². The fraction of sp³-hybridized carbons (Fsp3) is 0.600. The number of ether oxygens (including phenoxy) is 1.